The third-order valence-corrected chi connectivity index (χ3v) is 4.27. The van der Waals surface area contributed by atoms with Crippen LogP contribution in [0.25, 0.3) is 0 Å². The third-order valence-electron chi connectivity index (χ3n) is 4.27. The van der Waals surface area contributed by atoms with Crippen LogP contribution < -0.4 is 21.7 Å². The predicted octanol–water partition coefficient (Wildman–Crippen LogP) is 0.806. The SMILES string of the molecule is CC(C)[C@H](NC(=O)O)C(=O)N[C@@H](C)C(=O)Nc1ccc(CO)c(CCCN)c1. The van der Waals surface area contributed by atoms with Crippen LogP contribution in [-0.4, -0.2) is 46.7 Å². The second-order valence-electron chi connectivity index (χ2n) is 6.92. The molecule has 9 heteroatoms. The van der Waals surface area contributed by atoms with Gasteiger partial charge in [0.1, 0.15) is 12.1 Å². The number of carboxylic acid groups (broad SMARTS) is 1. The number of benzene rings is 1. The van der Waals surface area contributed by atoms with E-state index in [4.69, 9.17) is 10.8 Å². The number of nitrogens with one attached hydrogen (secondary N) is 3. The Morgan fingerprint density at radius 1 is 1.07 bits per heavy atom. The fourth-order valence-electron chi connectivity index (χ4n) is 2.67. The molecule has 0 radical (unpaired) electrons. The molecule has 0 aliphatic carbocycles. The van der Waals surface area contributed by atoms with Crippen molar-refractivity contribution in [1.29, 1.82) is 0 Å². The van der Waals surface area contributed by atoms with Crippen LogP contribution in [0.2, 0.25) is 0 Å². The lowest BCUT2D eigenvalue weighted by molar-refractivity contribution is -0.128. The number of aryl methyl sites for hydroxylation is 1. The van der Waals surface area contributed by atoms with Crippen LogP contribution in [0.15, 0.2) is 18.2 Å². The van der Waals surface area contributed by atoms with E-state index < -0.39 is 30.0 Å². The highest BCUT2D eigenvalue weighted by atomic mass is 16.4. The molecular weight excluding hydrogens is 364 g/mol. The minimum Gasteiger partial charge on any atom is -0.465 e. The molecule has 1 aromatic carbocycles. The van der Waals surface area contributed by atoms with Crippen LogP contribution in [0, 0.1) is 5.92 Å². The topological polar surface area (TPSA) is 154 Å². The molecule has 0 fully saturated rings. The van der Waals surface area contributed by atoms with Gasteiger partial charge in [-0.3, -0.25) is 9.59 Å². The molecule has 7 N–H and O–H groups in total. The zero-order chi connectivity index (χ0) is 21.3. The standard InChI is InChI=1S/C19H30N4O5/c1-11(2)16(23-19(27)28)18(26)21-12(3)17(25)22-15-7-6-14(10-24)13(9-15)5-4-8-20/h6-7,9,11-12,16,23-24H,4-5,8,10,20H2,1-3H3,(H,21,26)(H,22,25)(H,27,28)/t12-,16-/m0/s1. The average Bonchev–Trinajstić information content (AvgIpc) is 2.63. The van der Waals surface area contributed by atoms with E-state index in [1.807, 2.05) is 0 Å². The number of anilines is 1. The van der Waals surface area contributed by atoms with Gasteiger partial charge in [-0.2, -0.15) is 0 Å². The van der Waals surface area contributed by atoms with Crippen molar-refractivity contribution in [2.45, 2.75) is 52.3 Å². The number of nitrogens with two attached hydrogens (primary N) is 1. The molecule has 0 bridgehead atoms. The predicted molar refractivity (Wildman–Crippen MR) is 106 cm³/mol. The Hall–Kier alpha value is -2.65. The van der Waals surface area contributed by atoms with Crippen molar-refractivity contribution < 1.29 is 24.6 Å². The Balaban J connectivity index is 2.78. The number of carbonyl (C=O) groups excluding carboxylic acids is 2. The van der Waals surface area contributed by atoms with Crippen LogP contribution in [0.4, 0.5) is 10.5 Å². The number of hydrogen-bond donors (Lipinski definition) is 6. The molecule has 0 saturated heterocycles. The first-order valence-corrected chi connectivity index (χ1v) is 9.23. The van der Waals surface area contributed by atoms with Crippen molar-refractivity contribution in [3.05, 3.63) is 29.3 Å². The normalized spacial score (nSPS) is 12.9. The van der Waals surface area contributed by atoms with Crippen LogP contribution in [0.1, 0.15) is 38.3 Å². The Bertz CT molecular complexity index is 693. The fourth-order valence-corrected chi connectivity index (χ4v) is 2.67. The lowest BCUT2D eigenvalue weighted by Crippen LogP contribution is -2.53. The summed E-state index contributed by atoms with van der Waals surface area (Å²) < 4.78 is 0. The molecule has 28 heavy (non-hydrogen) atoms. The van der Waals surface area contributed by atoms with Crippen LogP contribution in [0.3, 0.4) is 0 Å². The number of rotatable bonds is 10. The molecule has 1 aromatic rings. The summed E-state index contributed by atoms with van der Waals surface area (Å²) >= 11 is 0. The first kappa shape index (κ1) is 23.4. The lowest BCUT2D eigenvalue weighted by atomic mass is 10.0. The molecule has 9 nitrogen and oxygen atoms in total. The van der Waals surface area contributed by atoms with Crippen molar-refractivity contribution in [3.63, 3.8) is 0 Å². The first-order valence-electron chi connectivity index (χ1n) is 9.23. The van der Waals surface area contributed by atoms with Gasteiger partial charge in [0.15, 0.2) is 0 Å². The smallest absolute Gasteiger partial charge is 0.405 e. The summed E-state index contributed by atoms with van der Waals surface area (Å²) in [6.45, 7) is 5.34. The van der Waals surface area contributed by atoms with Crippen molar-refractivity contribution >= 4 is 23.6 Å². The Kier molecular flexibility index (Phi) is 9.40. The van der Waals surface area contributed by atoms with Crippen molar-refractivity contribution in [1.82, 2.24) is 10.6 Å². The third kappa shape index (κ3) is 7.16. The molecule has 2 atom stereocenters. The van der Waals surface area contributed by atoms with Crippen molar-refractivity contribution in [2.75, 3.05) is 11.9 Å². The average molecular weight is 394 g/mol. The summed E-state index contributed by atoms with van der Waals surface area (Å²) in [7, 11) is 0. The zero-order valence-corrected chi connectivity index (χ0v) is 16.5. The van der Waals surface area contributed by atoms with E-state index in [1.54, 1.807) is 32.0 Å². The first-order chi connectivity index (χ1) is 13.2. The summed E-state index contributed by atoms with van der Waals surface area (Å²) in [6, 6.07) is 3.36. The highest BCUT2D eigenvalue weighted by Crippen LogP contribution is 2.18. The van der Waals surface area contributed by atoms with Crippen molar-refractivity contribution in [2.24, 2.45) is 11.7 Å². The van der Waals surface area contributed by atoms with E-state index in [1.165, 1.54) is 6.92 Å². The summed E-state index contributed by atoms with van der Waals surface area (Å²) in [6.07, 6.45) is 0.128. The molecule has 1 rings (SSSR count). The maximum Gasteiger partial charge on any atom is 0.405 e. The van der Waals surface area contributed by atoms with Gasteiger partial charge in [0.25, 0.3) is 0 Å². The van der Waals surface area contributed by atoms with Crippen molar-refractivity contribution in [3.8, 4) is 0 Å². The summed E-state index contributed by atoms with van der Waals surface area (Å²) in [5.41, 5.74) is 7.74. The van der Waals surface area contributed by atoms with Gasteiger partial charge in [0, 0.05) is 5.69 Å². The summed E-state index contributed by atoms with van der Waals surface area (Å²) in [5, 5.41) is 25.7. The Morgan fingerprint density at radius 2 is 1.75 bits per heavy atom. The quantitative estimate of drug-likeness (QED) is 0.345. The largest absolute Gasteiger partial charge is 0.465 e. The van der Waals surface area contributed by atoms with Gasteiger partial charge in [-0.05, 0) is 55.5 Å². The van der Waals surface area contributed by atoms with E-state index in [0.29, 0.717) is 18.7 Å². The lowest BCUT2D eigenvalue weighted by Gasteiger charge is -2.22. The van der Waals surface area contributed by atoms with Gasteiger partial charge in [0.2, 0.25) is 11.8 Å². The van der Waals surface area contributed by atoms with Gasteiger partial charge in [0.05, 0.1) is 6.61 Å². The van der Waals surface area contributed by atoms with Crippen LogP contribution >= 0.6 is 0 Å². The highest BCUT2D eigenvalue weighted by molar-refractivity contribution is 5.98. The van der Waals surface area contributed by atoms with Gasteiger partial charge >= 0.3 is 6.09 Å². The van der Waals surface area contributed by atoms with Gasteiger partial charge in [-0.15, -0.1) is 0 Å². The molecular formula is C19H30N4O5. The maximum absolute atomic E-state index is 12.4. The molecule has 0 aliphatic rings. The monoisotopic (exact) mass is 394 g/mol. The molecule has 0 saturated carbocycles. The minimum atomic E-state index is -1.31. The van der Waals surface area contributed by atoms with Gasteiger partial charge < -0.3 is 31.9 Å². The second-order valence-corrected chi connectivity index (χ2v) is 6.92. The Labute approximate surface area is 164 Å². The molecule has 0 spiro atoms. The Morgan fingerprint density at radius 3 is 2.29 bits per heavy atom. The van der Waals surface area contributed by atoms with E-state index in [2.05, 4.69) is 16.0 Å². The van der Waals surface area contributed by atoms with Gasteiger partial charge in [-0.1, -0.05) is 19.9 Å². The molecule has 0 unspecified atom stereocenters. The van der Waals surface area contributed by atoms with E-state index in [0.717, 1.165) is 17.5 Å². The fraction of sp³-hybridized carbons (Fsp3) is 0.526. The van der Waals surface area contributed by atoms with E-state index >= 15 is 0 Å². The van der Waals surface area contributed by atoms with Crippen LogP contribution in [-0.2, 0) is 22.6 Å². The highest BCUT2D eigenvalue weighted by Gasteiger charge is 2.26. The van der Waals surface area contributed by atoms with Gasteiger partial charge in [-0.25, -0.2) is 4.79 Å². The van der Waals surface area contributed by atoms with E-state index in [9.17, 15) is 19.5 Å². The molecule has 0 aliphatic heterocycles. The second kappa shape index (κ2) is 11.3. The maximum atomic E-state index is 12.4. The summed E-state index contributed by atoms with van der Waals surface area (Å²) in [5.74, 6) is -1.28. The summed E-state index contributed by atoms with van der Waals surface area (Å²) in [4.78, 5) is 35.5. The number of carbonyl (C=O) groups is 3. The molecule has 0 heterocycles. The number of aliphatic hydroxyl groups is 1. The van der Waals surface area contributed by atoms with E-state index in [-0.39, 0.29) is 12.5 Å². The minimum absolute atomic E-state index is 0.103. The molecule has 156 valence electrons. The number of amides is 3. The molecule has 3 amide bonds. The van der Waals surface area contributed by atoms with Crippen LogP contribution in [0.5, 0.6) is 0 Å². The number of hydrogen-bond acceptors (Lipinski definition) is 5. The molecule has 0 aromatic heterocycles. The zero-order valence-electron chi connectivity index (χ0n) is 16.5. The number of aliphatic hydroxyl groups excluding tert-OH is 1.